The third-order valence-corrected chi connectivity index (χ3v) is 3.79. The Kier molecular flexibility index (Phi) is 6.33. The Bertz CT molecular complexity index is 430. The summed E-state index contributed by atoms with van der Waals surface area (Å²) in [7, 11) is 0. The molecular formula is C17H27NO3. The quantitative estimate of drug-likeness (QED) is 0.840. The number of hydrogen-bond acceptors (Lipinski definition) is 4. The molecule has 1 aliphatic rings. The third-order valence-electron chi connectivity index (χ3n) is 3.79. The van der Waals surface area contributed by atoms with Gasteiger partial charge in [0.1, 0.15) is 6.10 Å². The molecule has 1 atom stereocenters. The van der Waals surface area contributed by atoms with Crippen LogP contribution in [0.25, 0.3) is 0 Å². The van der Waals surface area contributed by atoms with Crippen LogP contribution in [0.15, 0.2) is 18.2 Å². The molecule has 1 aromatic rings. The van der Waals surface area contributed by atoms with Crippen LogP contribution in [-0.4, -0.2) is 32.0 Å². The zero-order valence-electron chi connectivity index (χ0n) is 13.1. The van der Waals surface area contributed by atoms with E-state index in [1.54, 1.807) is 0 Å². The molecule has 2 rings (SSSR count). The molecule has 0 bridgehead atoms. The molecule has 1 aromatic carbocycles. The summed E-state index contributed by atoms with van der Waals surface area (Å²) >= 11 is 0. The van der Waals surface area contributed by atoms with Crippen molar-refractivity contribution in [3.8, 4) is 11.5 Å². The zero-order valence-corrected chi connectivity index (χ0v) is 13.1. The summed E-state index contributed by atoms with van der Waals surface area (Å²) in [5, 5.41) is 0. The minimum atomic E-state index is 0.196. The van der Waals surface area contributed by atoms with E-state index in [0.29, 0.717) is 6.61 Å². The van der Waals surface area contributed by atoms with Gasteiger partial charge in [-0.15, -0.1) is 0 Å². The predicted molar refractivity (Wildman–Crippen MR) is 84.1 cm³/mol. The molecule has 21 heavy (non-hydrogen) atoms. The van der Waals surface area contributed by atoms with Crippen molar-refractivity contribution >= 4 is 0 Å². The van der Waals surface area contributed by atoms with Gasteiger partial charge in [-0.2, -0.15) is 0 Å². The molecular weight excluding hydrogens is 266 g/mol. The first-order valence-electron chi connectivity index (χ1n) is 7.98. The number of hydrogen-bond donors (Lipinski definition) is 1. The minimum Gasteiger partial charge on any atom is -0.490 e. The van der Waals surface area contributed by atoms with E-state index in [2.05, 4.69) is 19.1 Å². The van der Waals surface area contributed by atoms with Gasteiger partial charge in [0.05, 0.1) is 19.8 Å². The molecule has 0 aliphatic carbocycles. The molecule has 0 spiro atoms. The third kappa shape index (κ3) is 4.90. The van der Waals surface area contributed by atoms with Crippen LogP contribution in [-0.2, 0) is 11.2 Å². The van der Waals surface area contributed by atoms with Gasteiger partial charge in [-0.05, 0) is 37.5 Å². The highest BCUT2D eigenvalue weighted by Gasteiger charge is 2.17. The number of nitrogens with two attached hydrogens (primary N) is 1. The van der Waals surface area contributed by atoms with Gasteiger partial charge in [0.15, 0.2) is 11.5 Å². The van der Waals surface area contributed by atoms with Crippen LogP contribution in [0.3, 0.4) is 0 Å². The van der Waals surface area contributed by atoms with Crippen LogP contribution >= 0.6 is 0 Å². The first kappa shape index (κ1) is 16.1. The van der Waals surface area contributed by atoms with Crippen LogP contribution < -0.4 is 15.2 Å². The Hall–Kier alpha value is -1.26. The lowest BCUT2D eigenvalue weighted by Gasteiger charge is -2.24. The van der Waals surface area contributed by atoms with Crippen molar-refractivity contribution in [1.82, 2.24) is 0 Å². The molecule has 1 saturated heterocycles. The maximum absolute atomic E-state index is 6.09. The SMILES string of the molecule is CCOc1cc(CC(N)CC)ccc1OC1CCOCC1. The van der Waals surface area contributed by atoms with E-state index in [0.717, 1.165) is 50.4 Å². The molecule has 4 nitrogen and oxygen atoms in total. The monoisotopic (exact) mass is 293 g/mol. The molecule has 0 amide bonds. The van der Waals surface area contributed by atoms with E-state index in [9.17, 15) is 0 Å². The van der Waals surface area contributed by atoms with Crippen molar-refractivity contribution in [3.63, 3.8) is 0 Å². The van der Waals surface area contributed by atoms with Gasteiger partial charge in [0.2, 0.25) is 0 Å². The minimum absolute atomic E-state index is 0.196. The average Bonchev–Trinajstić information content (AvgIpc) is 2.51. The molecule has 0 saturated carbocycles. The van der Waals surface area contributed by atoms with E-state index in [1.807, 2.05) is 13.0 Å². The molecule has 118 valence electrons. The molecule has 0 radical (unpaired) electrons. The second-order valence-electron chi connectivity index (χ2n) is 5.52. The lowest BCUT2D eigenvalue weighted by Crippen LogP contribution is -2.26. The Labute approximate surface area is 127 Å². The summed E-state index contributed by atoms with van der Waals surface area (Å²) in [6.07, 6.45) is 3.95. The number of benzene rings is 1. The average molecular weight is 293 g/mol. The largest absolute Gasteiger partial charge is 0.490 e. The van der Waals surface area contributed by atoms with Crippen LogP contribution in [0.5, 0.6) is 11.5 Å². The Balaban J connectivity index is 2.08. The maximum Gasteiger partial charge on any atom is 0.161 e. The lowest BCUT2D eigenvalue weighted by atomic mass is 10.0. The fourth-order valence-corrected chi connectivity index (χ4v) is 2.47. The smallest absolute Gasteiger partial charge is 0.161 e. The fraction of sp³-hybridized carbons (Fsp3) is 0.647. The predicted octanol–water partition coefficient (Wildman–Crippen LogP) is 2.92. The first-order chi connectivity index (χ1) is 10.2. The lowest BCUT2D eigenvalue weighted by molar-refractivity contribution is 0.0243. The molecule has 4 heteroatoms. The van der Waals surface area contributed by atoms with Crippen LogP contribution in [0.4, 0.5) is 0 Å². The molecule has 1 fully saturated rings. The first-order valence-corrected chi connectivity index (χ1v) is 7.98. The summed E-state index contributed by atoms with van der Waals surface area (Å²) in [5.41, 5.74) is 7.23. The summed E-state index contributed by atoms with van der Waals surface area (Å²) in [6, 6.07) is 6.36. The highest BCUT2D eigenvalue weighted by Crippen LogP contribution is 2.31. The number of ether oxygens (including phenoxy) is 3. The zero-order chi connectivity index (χ0) is 15.1. The summed E-state index contributed by atoms with van der Waals surface area (Å²) < 4.78 is 17.2. The van der Waals surface area contributed by atoms with E-state index >= 15 is 0 Å². The van der Waals surface area contributed by atoms with Gasteiger partial charge < -0.3 is 19.9 Å². The second-order valence-corrected chi connectivity index (χ2v) is 5.52. The van der Waals surface area contributed by atoms with Crippen LogP contribution in [0, 0.1) is 0 Å². The molecule has 0 aromatic heterocycles. The van der Waals surface area contributed by atoms with Crippen LogP contribution in [0.2, 0.25) is 0 Å². The molecule has 1 unspecified atom stereocenters. The fourth-order valence-electron chi connectivity index (χ4n) is 2.47. The number of rotatable bonds is 7. The summed E-state index contributed by atoms with van der Waals surface area (Å²) in [6.45, 7) is 6.28. The Morgan fingerprint density at radius 1 is 1.24 bits per heavy atom. The van der Waals surface area contributed by atoms with E-state index in [4.69, 9.17) is 19.9 Å². The van der Waals surface area contributed by atoms with E-state index in [1.165, 1.54) is 5.56 Å². The van der Waals surface area contributed by atoms with Gasteiger partial charge in [0.25, 0.3) is 0 Å². The van der Waals surface area contributed by atoms with Crippen molar-refractivity contribution in [2.24, 2.45) is 5.73 Å². The highest BCUT2D eigenvalue weighted by atomic mass is 16.5. The van der Waals surface area contributed by atoms with Crippen molar-refractivity contribution in [3.05, 3.63) is 23.8 Å². The van der Waals surface area contributed by atoms with Gasteiger partial charge in [-0.25, -0.2) is 0 Å². The summed E-state index contributed by atoms with van der Waals surface area (Å²) in [4.78, 5) is 0. The molecule has 1 heterocycles. The van der Waals surface area contributed by atoms with E-state index < -0.39 is 0 Å². The normalized spacial score (nSPS) is 17.5. The standard InChI is InChI=1S/C17H27NO3/c1-3-14(18)11-13-5-6-16(17(12-13)20-4-2)21-15-7-9-19-10-8-15/h5-6,12,14-15H,3-4,7-11,18H2,1-2H3. The van der Waals surface area contributed by atoms with E-state index in [-0.39, 0.29) is 12.1 Å². The van der Waals surface area contributed by atoms with Crippen LogP contribution in [0.1, 0.15) is 38.7 Å². The van der Waals surface area contributed by atoms with Crippen molar-refractivity contribution in [1.29, 1.82) is 0 Å². The van der Waals surface area contributed by atoms with Crippen molar-refractivity contribution in [2.75, 3.05) is 19.8 Å². The van der Waals surface area contributed by atoms with Crippen molar-refractivity contribution in [2.45, 2.75) is 51.7 Å². The molecule has 2 N–H and O–H groups in total. The van der Waals surface area contributed by atoms with Gasteiger partial charge in [-0.1, -0.05) is 13.0 Å². The second kappa shape index (κ2) is 8.25. The Morgan fingerprint density at radius 3 is 2.67 bits per heavy atom. The summed E-state index contributed by atoms with van der Waals surface area (Å²) in [5.74, 6) is 1.65. The van der Waals surface area contributed by atoms with Crippen molar-refractivity contribution < 1.29 is 14.2 Å². The maximum atomic E-state index is 6.09. The van der Waals surface area contributed by atoms with Gasteiger partial charge in [-0.3, -0.25) is 0 Å². The van der Waals surface area contributed by atoms with Gasteiger partial charge >= 0.3 is 0 Å². The highest BCUT2D eigenvalue weighted by molar-refractivity contribution is 5.43. The van der Waals surface area contributed by atoms with Gasteiger partial charge in [0, 0.05) is 18.9 Å². The molecule has 1 aliphatic heterocycles. The Morgan fingerprint density at radius 2 is 2.00 bits per heavy atom. The topological polar surface area (TPSA) is 53.7 Å².